The number of nitrogens with zero attached hydrogens (tertiary/aromatic N) is 1. The Balaban J connectivity index is 2.04. The van der Waals surface area contributed by atoms with Crippen LogP contribution < -0.4 is 11.1 Å². The molecule has 62 valence electrons. The first-order valence-corrected chi connectivity index (χ1v) is 4.65. The molecule has 0 aliphatic carbocycles. The molecule has 3 nitrogen and oxygen atoms in total. The molecule has 11 heavy (non-hydrogen) atoms. The van der Waals surface area contributed by atoms with Crippen molar-refractivity contribution in [3.63, 3.8) is 0 Å². The van der Waals surface area contributed by atoms with E-state index in [1.54, 1.807) is 11.3 Å². The van der Waals surface area contributed by atoms with Crippen molar-refractivity contribution in [2.45, 2.75) is 6.42 Å². The molecule has 0 fully saturated rings. The molecular formula is C7H13N3S. The highest BCUT2D eigenvalue weighted by molar-refractivity contribution is 7.07. The summed E-state index contributed by atoms with van der Waals surface area (Å²) in [6.45, 7) is 2.57. The molecule has 1 aromatic heterocycles. The van der Waals surface area contributed by atoms with Crippen LogP contribution in [-0.4, -0.2) is 24.6 Å². The van der Waals surface area contributed by atoms with Gasteiger partial charge in [0.15, 0.2) is 0 Å². The van der Waals surface area contributed by atoms with Crippen LogP contribution in [0.15, 0.2) is 10.9 Å². The van der Waals surface area contributed by atoms with E-state index in [4.69, 9.17) is 5.73 Å². The van der Waals surface area contributed by atoms with E-state index < -0.39 is 0 Å². The van der Waals surface area contributed by atoms with Crippen LogP contribution in [0.25, 0.3) is 0 Å². The van der Waals surface area contributed by atoms with Gasteiger partial charge in [-0.1, -0.05) is 0 Å². The van der Waals surface area contributed by atoms with Gasteiger partial charge < -0.3 is 11.1 Å². The molecule has 4 heteroatoms. The van der Waals surface area contributed by atoms with Crippen molar-refractivity contribution in [2.75, 3.05) is 19.6 Å². The number of aromatic nitrogens is 1. The third kappa shape index (κ3) is 3.46. The Morgan fingerprint density at radius 1 is 1.55 bits per heavy atom. The molecule has 3 N–H and O–H groups in total. The highest BCUT2D eigenvalue weighted by Crippen LogP contribution is 2.00. The molecule has 0 unspecified atom stereocenters. The van der Waals surface area contributed by atoms with Crippen molar-refractivity contribution < 1.29 is 0 Å². The van der Waals surface area contributed by atoms with Gasteiger partial charge in [0.25, 0.3) is 0 Å². The van der Waals surface area contributed by atoms with Gasteiger partial charge >= 0.3 is 0 Å². The smallest absolute Gasteiger partial charge is 0.0794 e. The first kappa shape index (κ1) is 8.64. The molecule has 0 aliphatic heterocycles. The Kier molecular flexibility index (Phi) is 4.11. The van der Waals surface area contributed by atoms with Gasteiger partial charge in [-0.3, -0.25) is 0 Å². The highest BCUT2D eigenvalue weighted by atomic mass is 32.1. The summed E-state index contributed by atoms with van der Waals surface area (Å²) in [7, 11) is 0. The maximum Gasteiger partial charge on any atom is 0.0794 e. The van der Waals surface area contributed by atoms with Crippen LogP contribution in [0.3, 0.4) is 0 Å². The summed E-state index contributed by atoms with van der Waals surface area (Å²) >= 11 is 1.64. The summed E-state index contributed by atoms with van der Waals surface area (Å²) in [5.74, 6) is 0. The van der Waals surface area contributed by atoms with Crippen LogP contribution in [-0.2, 0) is 6.42 Å². The number of hydrogen-bond acceptors (Lipinski definition) is 4. The Bertz CT molecular complexity index is 174. The molecule has 0 saturated carbocycles. The number of rotatable bonds is 5. The number of hydrogen-bond donors (Lipinski definition) is 2. The Morgan fingerprint density at radius 2 is 2.45 bits per heavy atom. The van der Waals surface area contributed by atoms with E-state index in [-0.39, 0.29) is 0 Å². The van der Waals surface area contributed by atoms with E-state index >= 15 is 0 Å². The van der Waals surface area contributed by atoms with Gasteiger partial charge in [0.2, 0.25) is 0 Å². The van der Waals surface area contributed by atoms with Gasteiger partial charge in [-0.05, 0) is 0 Å². The van der Waals surface area contributed by atoms with Crippen molar-refractivity contribution in [3.8, 4) is 0 Å². The first-order chi connectivity index (χ1) is 5.43. The lowest BCUT2D eigenvalue weighted by atomic mass is 10.3. The fourth-order valence-corrected chi connectivity index (χ4v) is 1.40. The van der Waals surface area contributed by atoms with Crippen LogP contribution in [0, 0.1) is 0 Å². The standard InChI is InChI=1S/C7H13N3S/c8-2-4-9-3-1-7-5-11-6-10-7/h5-6,9H,1-4,8H2. The maximum absolute atomic E-state index is 5.31. The average molecular weight is 171 g/mol. The molecule has 1 rings (SSSR count). The van der Waals surface area contributed by atoms with Crippen LogP contribution in [0.4, 0.5) is 0 Å². The van der Waals surface area contributed by atoms with Gasteiger partial charge in [0, 0.05) is 31.4 Å². The van der Waals surface area contributed by atoms with Crippen molar-refractivity contribution in [2.24, 2.45) is 5.73 Å². The maximum atomic E-state index is 5.31. The van der Waals surface area contributed by atoms with E-state index in [1.807, 2.05) is 5.51 Å². The lowest BCUT2D eigenvalue weighted by molar-refractivity contribution is 0.684. The number of nitrogens with two attached hydrogens (primary N) is 1. The number of thiazole rings is 1. The lowest BCUT2D eigenvalue weighted by Crippen LogP contribution is -2.24. The predicted molar refractivity (Wildman–Crippen MR) is 47.7 cm³/mol. The Labute approximate surface area is 70.6 Å². The predicted octanol–water partition coefficient (Wildman–Crippen LogP) is 0.234. The summed E-state index contributed by atoms with van der Waals surface area (Å²) < 4.78 is 0. The quantitative estimate of drug-likeness (QED) is 0.624. The van der Waals surface area contributed by atoms with Crippen LogP contribution >= 0.6 is 11.3 Å². The normalized spacial score (nSPS) is 10.3. The Morgan fingerprint density at radius 3 is 3.09 bits per heavy atom. The summed E-state index contributed by atoms with van der Waals surface area (Å²) in [5.41, 5.74) is 8.34. The zero-order valence-corrected chi connectivity index (χ0v) is 7.23. The largest absolute Gasteiger partial charge is 0.329 e. The second-order valence-electron chi connectivity index (χ2n) is 2.27. The minimum atomic E-state index is 0.705. The van der Waals surface area contributed by atoms with E-state index in [0.717, 1.165) is 19.5 Å². The zero-order chi connectivity index (χ0) is 7.94. The molecule has 1 heterocycles. The summed E-state index contributed by atoms with van der Waals surface area (Å²) in [6.07, 6.45) is 1.00. The monoisotopic (exact) mass is 171 g/mol. The van der Waals surface area contributed by atoms with Crippen LogP contribution in [0.2, 0.25) is 0 Å². The molecule has 0 aliphatic rings. The Hall–Kier alpha value is -0.450. The third-order valence-electron chi connectivity index (χ3n) is 1.36. The molecule has 0 atom stereocenters. The van der Waals surface area contributed by atoms with Gasteiger partial charge in [-0.25, -0.2) is 4.98 Å². The van der Waals surface area contributed by atoms with Crippen molar-refractivity contribution in [1.29, 1.82) is 0 Å². The van der Waals surface area contributed by atoms with E-state index in [1.165, 1.54) is 5.69 Å². The van der Waals surface area contributed by atoms with Crippen molar-refractivity contribution in [3.05, 3.63) is 16.6 Å². The molecule has 0 saturated heterocycles. The molecule has 0 amide bonds. The second kappa shape index (κ2) is 5.23. The van der Waals surface area contributed by atoms with E-state index in [9.17, 15) is 0 Å². The van der Waals surface area contributed by atoms with Crippen molar-refractivity contribution >= 4 is 11.3 Å². The first-order valence-electron chi connectivity index (χ1n) is 3.71. The highest BCUT2D eigenvalue weighted by Gasteiger charge is 1.92. The van der Waals surface area contributed by atoms with Gasteiger partial charge in [-0.15, -0.1) is 11.3 Å². The summed E-state index contributed by atoms with van der Waals surface area (Å²) in [5, 5.41) is 5.29. The topological polar surface area (TPSA) is 50.9 Å². The van der Waals surface area contributed by atoms with Crippen LogP contribution in [0.1, 0.15) is 5.69 Å². The van der Waals surface area contributed by atoms with Crippen LogP contribution in [0.5, 0.6) is 0 Å². The number of nitrogens with one attached hydrogen (secondary N) is 1. The minimum absolute atomic E-state index is 0.705. The molecule has 1 aromatic rings. The van der Waals surface area contributed by atoms with E-state index in [2.05, 4.69) is 15.7 Å². The van der Waals surface area contributed by atoms with Gasteiger partial charge in [0.05, 0.1) is 11.2 Å². The third-order valence-corrected chi connectivity index (χ3v) is 2.00. The summed E-state index contributed by atoms with van der Waals surface area (Å²) in [6, 6.07) is 0. The van der Waals surface area contributed by atoms with Gasteiger partial charge in [0.1, 0.15) is 0 Å². The summed E-state index contributed by atoms with van der Waals surface area (Å²) in [4.78, 5) is 4.16. The molecule has 0 radical (unpaired) electrons. The van der Waals surface area contributed by atoms with E-state index in [0.29, 0.717) is 6.54 Å². The SMILES string of the molecule is NCCNCCc1cscn1. The zero-order valence-electron chi connectivity index (χ0n) is 6.42. The van der Waals surface area contributed by atoms with Crippen molar-refractivity contribution in [1.82, 2.24) is 10.3 Å². The molecular weight excluding hydrogens is 158 g/mol. The molecule has 0 spiro atoms. The average Bonchev–Trinajstić information content (AvgIpc) is 2.50. The minimum Gasteiger partial charge on any atom is -0.329 e. The van der Waals surface area contributed by atoms with Gasteiger partial charge in [-0.2, -0.15) is 0 Å². The second-order valence-corrected chi connectivity index (χ2v) is 2.99. The fraction of sp³-hybridized carbons (Fsp3) is 0.571. The lowest BCUT2D eigenvalue weighted by Gasteiger charge is -1.99. The molecule has 0 aromatic carbocycles. The molecule has 0 bridgehead atoms. The fourth-order valence-electron chi connectivity index (χ4n) is 0.805.